The van der Waals surface area contributed by atoms with E-state index in [0.717, 1.165) is 16.0 Å². The van der Waals surface area contributed by atoms with Crippen molar-refractivity contribution in [1.29, 1.82) is 0 Å². The molecule has 0 aromatic heterocycles. The van der Waals surface area contributed by atoms with Crippen molar-refractivity contribution in [2.75, 3.05) is 0 Å². The van der Waals surface area contributed by atoms with E-state index < -0.39 is 0 Å². The summed E-state index contributed by atoms with van der Waals surface area (Å²) in [6.07, 6.45) is 5.26. The highest BCUT2D eigenvalue weighted by Gasteiger charge is 2.21. The number of non-ortho nitro benzene ring substituents is 1. The molecule has 0 aliphatic heterocycles. The van der Waals surface area contributed by atoms with E-state index in [2.05, 4.69) is 28.2 Å². The summed E-state index contributed by atoms with van der Waals surface area (Å²) in [7, 11) is 0. The second-order valence-corrected chi connectivity index (χ2v) is 6.20. The maximum Gasteiger partial charge on any atom is 0.270 e. The number of benzene rings is 1. The lowest BCUT2D eigenvalue weighted by molar-refractivity contribution is -0.385. The van der Waals surface area contributed by atoms with Crippen LogP contribution in [0.2, 0.25) is 0 Å². The predicted octanol–water partition coefficient (Wildman–Crippen LogP) is 4.03. The lowest BCUT2D eigenvalue weighted by atomic mass is 9.99. The van der Waals surface area contributed by atoms with Crippen LogP contribution in [0.25, 0.3) is 0 Å². The average molecular weight is 327 g/mol. The van der Waals surface area contributed by atoms with Crippen LogP contribution < -0.4 is 5.32 Å². The van der Waals surface area contributed by atoms with Gasteiger partial charge in [0, 0.05) is 29.2 Å². The Hall–Kier alpha value is -0.940. The van der Waals surface area contributed by atoms with Gasteiger partial charge >= 0.3 is 0 Å². The zero-order valence-electron chi connectivity index (χ0n) is 11.1. The number of nitrogens with one attached hydrogen (secondary N) is 1. The number of nitrogens with zero attached hydrogens (tertiary/aromatic N) is 1. The van der Waals surface area contributed by atoms with Crippen molar-refractivity contribution in [3.05, 3.63) is 38.3 Å². The first-order valence-corrected chi connectivity index (χ1v) is 7.53. The fraction of sp³-hybridized carbons (Fsp3) is 0.571. The van der Waals surface area contributed by atoms with Gasteiger partial charge in [-0.05, 0) is 37.3 Å². The van der Waals surface area contributed by atoms with Gasteiger partial charge in [-0.15, -0.1) is 0 Å². The van der Waals surface area contributed by atoms with Gasteiger partial charge in [0.05, 0.1) is 4.92 Å². The van der Waals surface area contributed by atoms with Gasteiger partial charge < -0.3 is 5.32 Å². The molecule has 0 amide bonds. The summed E-state index contributed by atoms with van der Waals surface area (Å²) in [6, 6.07) is 5.57. The molecule has 4 nitrogen and oxygen atoms in total. The Balaban J connectivity index is 1.96. The van der Waals surface area contributed by atoms with Crippen LogP contribution in [-0.4, -0.2) is 11.0 Å². The minimum atomic E-state index is -0.353. The SMILES string of the molecule is C[C@@H](NCc1cc(Br)cc([N+](=O)[O-])c1)C1CCCC1. The lowest BCUT2D eigenvalue weighted by Crippen LogP contribution is -2.31. The van der Waals surface area contributed by atoms with Crippen molar-refractivity contribution in [2.24, 2.45) is 5.92 Å². The maximum absolute atomic E-state index is 10.8. The third-order valence-corrected chi connectivity index (χ3v) is 4.35. The smallest absolute Gasteiger partial charge is 0.270 e. The fourth-order valence-corrected chi connectivity index (χ4v) is 3.27. The Bertz CT molecular complexity index is 459. The first-order chi connectivity index (χ1) is 9.06. The van der Waals surface area contributed by atoms with E-state index in [1.54, 1.807) is 6.07 Å². The molecule has 0 heterocycles. The summed E-state index contributed by atoms with van der Waals surface area (Å²) in [5.41, 5.74) is 1.09. The van der Waals surface area contributed by atoms with Crippen LogP contribution in [0.5, 0.6) is 0 Å². The molecule has 1 N–H and O–H groups in total. The average Bonchev–Trinajstić information content (AvgIpc) is 2.89. The summed E-state index contributed by atoms with van der Waals surface area (Å²) in [5.74, 6) is 0.752. The van der Waals surface area contributed by atoms with E-state index in [4.69, 9.17) is 0 Å². The maximum atomic E-state index is 10.8. The van der Waals surface area contributed by atoms with Crippen molar-refractivity contribution < 1.29 is 4.92 Å². The summed E-state index contributed by atoms with van der Waals surface area (Å²) in [4.78, 5) is 10.5. The first-order valence-electron chi connectivity index (χ1n) is 6.73. The third kappa shape index (κ3) is 4.01. The number of nitro benzene ring substituents is 1. The zero-order chi connectivity index (χ0) is 13.8. The molecule has 1 fully saturated rings. The molecule has 0 unspecified atom stereocenters. The monoisotopic (exact) mass is 326 g/mol. The molecule has 19 heavy (non-hydrogen) atoms. The van der Waals surface area contributed by atoms with Crippen molar-refractivity contribution in [3.63, 3.8) is 0 Å². The molecule has 1 aliphatic rings. The van der Waals surface area contributed by atoms with Gasteiger partial charge in [-0.1, -0.05) is 28.8 Å². The number of hydrogen-bond donors (Lipinski definition) is 1. The second kappa shape index (κ2) is 6.48. The Kier molecular flexibility index (Phi) is 4.93. The van der Waals surface area contributed by atoms with Gasteiger partial charge in [0.25, 0.3) is 5.69 Å². The molecular weight excluding hydrogens is 308 g/mol. The minimum absolute atomic E-state index is 0.139. The molecule has 2 rings (SSSR count). The van der Waals surface area contributed by atoms with Gasteiger partial charge in [-0.2, -0.15) is 0 Å². The summed E-state index contributed by atoms with van der Waals surface area (Å²) in [6.45, 7) is 2.89. The van der Waals surface area contributed by atoms with Crippen molar-refractivity contribution in [1.82, 2.24) is 5.32 Å². The third-order valence-electron chi connectivity index (χ3n) is 3.89. The zero-order valence-corrected chi connectivity index (χ0v) is 12.6. The van der Waals surface area contributed by atoms with Crippen molar-refractivity contribution >= 4 is 21.6 Å². The van der Waals surface area contributed by atoms with E-state index in [0.29, 0.717) is 12.6 Å². The molecule has 1 aliphatic carbocycles. The van der Waals surface area contributed by atoms with Crippen LogP contribution >= 0.6 is 15.9 Å². The van der Waals surface area contributed by atoms with Gasteiger partial charge in [-0.3, -0.25) is 10.1 Å². The van der Waals surface area contributed by atoms with Crippen LogP contribution in [0, 0.1) is 16.0 Å². The van der Waals surface area contributed by atoms with E-state index in [9.17, 15) is 10.1 Å². The highest BCUT2D eigenvalue weighted by Crippen LogP contribution is 2.28. The van der Waals surface area contributed by atoms with Crippen LogP contribution in [-0.2, 0) is 6.54 Å². The Morgan fingerprint density at radius 3 is 2.74 bits per heavy atom. The van der Waals surface area contributed by atoms with E-state index in [-0.39, 0.29) is 10.6 Å². The standard InChI is InChI=1S/C14H19BrN2O2/c1-10(12-4-2-3-5-12)16-9-11-6-13(15)8-14(7-11)17(18)19/h6-8,10,12,16H,2-5,9H2,1H3/t10-/m1/s1. The van der Waals surface area contributed by atoms with Crippen molar-refractivity contribution in [2.45, 2.75) is 45.2 Å². The summed E-state index contributed by atoms with van der Waals surface area (Å²) < 4.78 is 0.756. The first kappa shape index (κ1) is 14.5. The van der Waals surface area contributed by atoms with Crippen LogP contribution in [0.4, 0.5) is 5.69 Å². The largest absolute Gasteiger partial charge is 0.310 e. The molecule has 1 aromatic carbocycles. The van der Waals surface area contributed by atoms with Gasteiger partial charge in [0.1, 0.15) is 0 Å². The molecular formula is C14H19BrN2O2. The number of nitro groups is 1. The van der Waals surface area contributed by atoms with Gasteiger partial charge in [-0.25, -0.2) is 0 Å². The van der Waals surface area contributed by atoms with E-state index in [1.807, 2.05) is 6.07 Å². The highest BCUT2D eigenvalue weighted by atomic mass is 79.9. The topological polar surface area (TPSA) is 55.2 Å². The quantitative estimate of drug-likeness (QED) is 0.656. The molecule has 1 atom stereocenters. The Morgan fingerprint density at radius 1 is 1.42 bits per heavy atom. The van der Waals surface area contributed by atoms with Crippen molar-refractivity contribution in [3.8, 4) is 0 Å². The molecule has 1 saturated carbocycles. The summed E-state index contributed by atoms with van der Waals surface area (Å²) in [5, 5.41) is 14.3. The van der Waals surface area contributed by atoms with Crippen LogP contribution in [0.1, 0.15) is 38.2 Å². The van der Waals surface area contributed by atoms with Gasteiger partial charge in [0.15, 0.2) is 0 Å². The predicted molar refractivity (Wildman–Crippen MR) is 79.1 cm³/mol. The minimum Gasteiger partial charge on any atom is -0.310 e. The highest BCUT2D eigenvalue weighted by molar-refractivity contribution is 9.10. The Labute approximate surface area is 121 Å². The lowest BCUT2D eigenvalue weighted by Gasteiger charge is -2.20. The molecule has 0 saturated heterocycles. The molecule has 0 radical (unpaired) electrons. The molecule has 0 spiro atoms. The van der Waals surface area contributed by atoms with E-state index >= 15 is 0 Å². The second-order valence-electron chi connectivity index (χ2n) is 5.29. The number of hydrogen-bond acceptors (Lipinski definition) is 3. The summed E-state index contributed by atoms with van der Waals surface area (Å²) >= 11 is 3.32. The molecule has 104 valence electrons. The molecule has 5 heteroatoms. The van der Waals surface area contributed by atoms with Crippen LogP contribution in [0.15, 0.2) is 22.7 Å². The normalized spacial score (nSPS) is 17.6. The van der Waals surface area contributed by atoms with E-state index in [1.165, 1.54) is 31.7 Å². The number of rotatable bonds is 5. The number of halogens is 1. The fourth-order valence-electron chi connectivity index (χ4n) is 2.74. The van der Waals surface area contributed by atoms with Gasteiger partial charge in [0.2, 0.25) is 0 Å². The Morgan fingerprint density at radius 2 is 2.11 bits per heavy atom. The molecule has 1 aromatic rings. The molecule has 0 bridgehead atoms. The van der Waals surface area contributed by atoms with Crippen LogP contribution in [0.3, 0.4) is 0 Å².